The second-order valence-corrected chi connectivity index (χ2v) is 7.00. The Hall–Kier alpha value is -1.83. The van der Waals surface area contributed by atoms with Gasteiger partial charge in [-0.1, -0.05) is 59.2 Å². The summed E-state index contributed by atoms with van der Waals surface area (Å²) in [5.41, 5.74) is 8.68. The van der Waals surface area contributed by atoms with Crippen molar-refractivity contribution in [1.82, 2.24) is 0 Å². The Morgan fingerprint density at radius 2 is 1.52 bits per heavy atom. The van der Waals surface area contributed by atoms with Gasteiger partial charge in [0.1, 0.15) is 0 Å². The first-order valence-corrected chi connectivity index (χ1v) is 9.04. The van der Waals surface area contributed by atoms with E-state index in [0.29, 0.717) is 0 Å². The van der Waals surface area contributed by atoms with Crippen LogP contribution in [0.2, 0.25) is 0 Å². The fraction of sp³-hybridized carbons (Fsp3) is 0.160. The molecular weight excluding hydrogens is 405 g/mol. The van der Waals surface area contributed by atoms with Gasteiger partial charge in [0.2, 0.25) is 0 Å². The van der Waals surface area contributed by atoms with E-state index < -0.39 is 0 Å². The van der Waals surface area contributed by atoms with Crippen molar-refractivity contribution in [2.24, 2.45) is 0 Å². The summed E-state index contributed by atoms with van der Waals surface area (Å²) < 4.78 is 0. The number of rotatable bonds is 3. The first-order chi connectivity index (χ1) is 12.6. The van der Waals surface area contributed by atoms with Crippen LogP contribution in [0, 0.1) is 19.9 Å². The van der Waals surface area contributed by atoms with Crippen molar-refractivity contribution < 1.29 is 37.5 Å². The molecule has 2 heteroatoms. The van der Waals surface area contributed by atoms with E-state index >= 15 is 0 Å². The Labute approximate surface area is 186 Å². The van der Waals surface area contributed by atoms with Crippen LogP contribution in [0.1, 0.15) is 44.6 Å². The number of fused-ring (bicyclic) bond motifs is 1. The molecule has 0 saturated carbocycles. The molecule has 27 heavy (non-hydrogen) atoms. The van der Waals surface area contributed by atoms with E-state index in [4.69, 9.17) is 0 Å². The van der Waals surface area contributed by atoms with Crippen molar-refractivity contribution in [2.45, 2.75) is 26.7 Å². The van der Waals surface area contributed by atoms with E-state index in [1.807, 2.05) is 12.1 Å². The summed E-state index contributed by atoms with van der Waals surface area (Å²) in [6.07, 6.45) is 1.86. The number of allylic oxidation sites excluding steroid dienone is 2. The molecule has 128 valence electrons. The summed E-state index contributed by atoms with van der Waals surface area (Å²) in [5, 5.41) is 0. The van der Waals surface area contributed by atoms with E-state index in [-0.39, 0.29) is 38.5 Å². The number of aryl methyl sites for hydroxylation is 3. The molecule has 0 unspecified atom stereocenters. The summed E-state index contributed by atoms with van der Waals surface area (Å²) in [6.45, 7) is 4.19. The van der Waals surface area contributed by atoms with Crippen molar-refractivity contribution in [3.63, 3.8) is 0 Å². The van der Waals surface area contributed by atoms with Gasteiger partial charge in [0, 0.05) is 5.57 Å². The van der Waals surface area contributed by atoms with Gasteiger partial charge in [-0.05, 0) is 49.0 Å². The third kappa shape index (κ3) is 4.05. The molecule has 0 atom stereocenters. The van der Waals surface area contributed by atoms with Gasteiger partial charge in [-0.3, -0.25) is 4.79 Å². The number of ketones is 1. The molecule has 0 amide bonds. The van der Waals surface area contributed by atoms with Crippen LogP contribution >= 0.6 is 0 Å². The molecule has 0 N–H and O–H groups in total. The normalized spacial score (nSPS) is 13.0. The molecule has 0 bridgehead atoms. The Bertz CT molecular complexity index is 998. The molecule has 1 aliphatic carbocycles. The van der Waals surface area contributed by atoms with Crippen molar-refractivity contribution in [2.75, 3.05) is 0 Å². The quantitative estimate of drug-likeness (QED) is 0.380. The summed E-state index contributed by atoms with van der Waals surface area (Å²) in [5.74, 6) is 0.0966. The number of benzene rings is 3. The summed E-state index contributed by atoms with van der Waals surface area (Å²) in [7, 11) is 0. The van der Waals surface area contributed by atoms with Crippen LogP contribution in [0.15, 0.2) is 66.7 Å². The Morgan fingerprint density at radius 3 is 2.22 bits per heavy atom. The Morgan fingerprint density at radius 1 is 0.852 bits per heavy atom. The molecule has 3 aromatic rings. The third-order valence-corrected chi connectivity index (χ3v) is 5.08. The summed E-state index contributed by atoms with van der Waals surface area (Å²) in [6, 6.07) is 25.2. The monoisotopic (exact) mass is 426 g/mol. The zero-order valence-corrected chi connectivity index (χ0v) is 18.6. The molecule has 0 radical (unpaired) electrons. The van der Waals surface area contributed by atoms with Gasteiger partial charge in [0.15, 0.2) is 5.78 Å². The molecule has 1 nitrogen and oxygen atoms in total. The third-order valence-electron chi connectivity index (χ3n) is 5.08. The van der Waals surface area contributed by atoms with E-state index in [1.165, 1.54) is 16.7 Å². The molecule has 0 heterocycles. The standard InChI is InChI=1S/C25H21O.Y/c1-17-8-11-19(12-9-17)22-15-13-21-16-18(2)10-14-23(21)24(22)25(26)20-6-4-3-5-7-20;/h4-12,14,16H,13,15H2,1-2H3;/q-1;+3. The van der Waals surface area contributed by atoms with Crippen LogP contribution in [0.25, 0.3) is 11.1 Å². The molecule has 4 rings (SSSR count). The van der Waals surface area contributed by atoms with E-state index in [0.717, 1.165) is 40.7 Å². The largest absolute Gasteiger partial charge is 3.00 e. The van der Waals surface area contributed by atoms with Crippen LogP contribution in [0.5, 0.6) is 0 Å². The Balaban J connectivity index is 0.00000210. The van der Waals surface area contributed by atoms with E-state index in [2.05, 4.69) is 62.4 Å². The van der Waals surface area contributed by atoms with Crippen molar-refractivity contribution >= 4 is 16.9 Å². The second-order valence-electron chi connectivity index (χ2n) is 7.00. The molecule has 0 aliphatic heterocycles. The van der Waals surface area contributed by atoms with Gasteiger partial charge in [-0.2, -0.15) is 30.3 Å². The fourth-order valence-electron chi connectivity index (χ4n) is 3.71. The number of hydrogen-bond acceptors (Lipinski definition) is 1. The average molecular weight is 426 g/mol. The minimum Gasteiger partial charge on any atom is -0.291 e. The fourth-order valence-corrected chi connectivity index (χ4v) is 3.71. The number of carbonyl (C=O) groups excluding carboxylic acids is 1. The topological polar surface area (TPSA) is 17.1 Å². The molecular formula is C25H21OY+2. The van der Waals surface area contributed by atoms with E-state index in [1.54, 1.807) is 12.1 Å². The van der Waals surface area contributed by atoms with Gasteiger partial charge < -0.3 is 0 Å². The zero-order chi connectivity index (χ0) is 18.1. The molecule has 0 aromatic heterocycles. The molecule has 1 aliphatic rings. The van der Waals surface area contributed by atoms with Gasteiger partial charge in [-0.25, -0.2) is 0 Å². The predicted molar refractivity (Wildman–Crippen MR) is 107 cm³/mol. The maximum absolute atomic E-state index is 13.4. The first-order valence-electron chi connectivity index (χ1n) is 9.04. The molecule has 0 saturated heterocycles. The minimum absolute atomic E-state index is 0. The molecule has 0 fully saturated rings. The SMILES string of the molecule is Cc1ccc(C2=C(C(=O)c3cc[c-]cc3)c3ccc(C)cc3CC2)cc1.[Y+3]. The van der Waals surface area contributed by atoms with Crippen molar-refractivity contribution in [1.29, 1.82) is 0 Å². The van der Waals surface area contributed by atoms with Crippen LogP contribution in [0.3, 0.4) is 0 Å². The molecule has 3 aromatic carbocycles. The van der Waals surface area contributed by atoms with Crippen LogP contribution in [-0.4, -0.2) is 5.78 Å². The van der Waals surface area contributed by atoms with E-state index in [9.17, 15) is 4.79 Å². The van der Waals surface area contributed by atoms with Gasteiger partial charge in [0.25, 0.3) is 0 Å². The van der Waals surface area contributed by atoms with Gasteiger partial charge in [0.05, 0.1) is 0 Å². The van der Waals surface area contributed by atoms with Crippen LogP contribution in [0.4, 0.5) is 0 Å². The second kappa shape index (κ2) is 8.46. The minimum atomic E-state index is 0. The summed E-state index contributed by atoms with van der Waals surface area (Å²) in [4.78, 5) is 13.4. The molecule has 0 spiro atoms. The maximum atomic E-state index is 13.4. The zero-order valence-electron chi connectivity index (χ0n) is 15.8. The first kappa shape index (κ1) is 19.9. The smallest absolute Gasteiger partial charge is 0.291 e. The number of hydrogen-bond donors (Lipinski definition) is 0. The number of Topliss-reactive ketones (excluding diaryl/α,β-unsaturated/α-hetero) is 1. The average Bonchev–Trinajstić information content (AvgIpc) is 2.68. The van der Waals surface area contributed by atoms with Crippen LogP contribution in [-0.2, 0) is 39.1 Å². The van der Waals surface area contributed by atoms with Crippen LogP contribution < -0.4 is 0 Å². The summed E-state index contributed by atoms with van der Waals surface area (Å²) >= 11 is 0. The van der Waals surface area contributed by atoms with Gasteiger partial charge >= 0.3 is 32.7 Å². The number of carbonyl (C=O) groups is 1. The van der Waals surface area contributed by atoms with Crippen molar-refractivity contribution in [3.8, 4) is 0 Å². The maximum Gasteiger partial charge on any atom is 3.00 e. The Kier molecular flexibility index (Phi) is 6.24. The van der Waals surface area contributed by atoms with Gasteiger partial charge in [-0.15, -0.1) is 0 Å². The van der Waals surface area contributed by atoms with Crippen molar-refractivity contribution in [3.05, 3.63) is 106 Å². The predicted octanol–water partition coefficient (Wildman–Crippen LogP) is 5.84.